The van der Waals surface area contributed by atoms with Crippen LogP contribution >= 0.6 is 0 Å². The minimum absolute atomic E-state index is 0.00926. The number of sulfone groups is 1. The maximum absolute atomic E-state index is 13.2. The van der Waals surface area contributed by atoms with E-state index in [9.17, 15) is 17.6 Å². The minimum Gasteiger partial charge on any atom is -0.370 e. The summed E-state index contributed by atoms with van der Waals surface area (Å²) in [5.74, 6) is -0.870. The van der Waals surface area contributed by atoms with Crippen LogP contribution in [0.15, 0.2) is 52.3 Å². The van der Waals surface area contributed by atoms with Gasteiger partial charge in [-0.05, 0) is 62.5 Å². The third kappa shape index (κ3) is 4.51. The van der Waals surface area contributed by atoms with Crippen LogP contribution in [0.3, 0.4) is 0 Å². The molecule has 3 rings (SSSR count). The molecule has 1 aliphatic rings. The average Bonchev–Trinajstić information content (AvgIpc) is 2.86. The summed E-state index contributed by atoms with van der Waals surface area (Å²) in [4.78, 5) is 16.1. The van der Waals surface area contributed by atoms with Gasteiger partial charge in [0.25, 0.3) is 0 Å². The predicted molar refractivity (Wildman–Crippen MR) is 107 cm³/mol. The molecule has 28 heavy (non-hydrogen) atoms. The van der Waals surface area contributed by atoms with Crippen LogP contribution in [0.4, 0.5) is 15.8 Å². The van der Waals surface area contributed by atoms with Crippen LogP contribution in [0.2, 0.25) is 0 Å². The van der Waals surface area contributed by atoms with E-state index < -0.39 is 15.7 Å². The van der Waals surface area contributed by atoms with Crippen molar-refractivity contribution >= 4 is 27.1 Å². The van der Waals surface area contributed by atoms with E-state index in [4.69, 9.17) is 0 Å². The molecule has 1 heterocycles. The summed E-state index contributed by atoms with van der Waals surface area (Å²) in [6, 6.07) is 9.62. The van der Waals surface area contributed by atoms with Gasteiger partial charge in [0.05, 0.1) is 15.5 Å². The fourth-order valence-electron chi connectivity index (χ4n) is 3.28. The van der Waals surface area contributed by atoms with Crippen molar-refractivity contribution in [2.45, 2.75) is 23.1 Å². The lowest BCUT2D eigenvalue weighted by molar-refractivity contribution is -0.114. The van der Waals surface area contributed by atoms with Crippen LogP contribution in [0, 0.1) is 5.82 Å². The number of carbonyl (C=O) groups is 1. The summed E-state index contributed by atoms with van der Waals surface area (Å²) < 4.78 is 39.3. The molecule has 2 aromatic rings. The molecule has 1 amide bonds. The van der Waals surface area contributed by atoms with Crippen molar-refractivity contribution in [2.24, 2.45) is 0 Å². The van der Waals surface area contributed by atoms with Crippen molar-refractivity contribution < 1.29 is 17.6 Å². The Morgan fingerprint density at radius 1 is 1.04 bits per heavy atom. The Hall–Kier alpha value is -2.45. The van der Waals surface area contributed by atoms with Crippen molar-refractivity contribution in [3.8, 4) is 0 Å². The molecule has 0 atom stereocenters. The van der Waals surface area contributed by atoms with E-state index in [0.717, 1.165) is 50.4 Å². The second-order valence-electron chi connectivity index (χ2n) is 6.96. The molecule has 1 fully saturated rings. The van der Waals surface area contributed by atoms with E-state index in [0.29, 0.717) is 0 Å². The number of hydrogen-bond acceptors (Lipinski definition) is 5. The molecule has 0 aromatic heterocycles. The van der Waals surface area contributed by atoms with Gasteiger partial charge in [0.15, 0.2) is 0 Å². The first-order valence-electron chi connectivity index (χ1n) is 9.13. The molecule has 2 aromatic carbocycles. The fraction of sp³-hybridized carbons (Fsp3) is 0.350. The largest absolute Gasteiger partial charge is 0.370 e. The second-order valence-corrected chi connectivity index (χ2v) is 8.88. The zero-order valence-corrected chi connectivity index (χ0v) is 16.8. The van der Waals surface area contributed by atoms with E-state index in [1.54, 1.807) is 12.1 Å². The zero-order valence-electron chi connectivity index (χ0n) is 16.0. The monoisotopic (exact) mass is 405 g/mol. The number of anilines is 2. The highest BCUT2D eigenvalue weighted by Gasteiger charge is 2.23. The third-order valence-electron chi connectivity index (χ3n) is 4.77. The minimum atomic E-state index is -3.90. The lowest BCUT2D eigenvalue weighted by atomic mass is 10.2. The van der Waals surface area contributed by atoms with E-state index >= 15 is 0 Å². The van der Waals surface area contributed by atoms with Gasteiger partial charge in [-0.3, -0.25) is 4.79 Å². The topological polar surface area (TPSA) is 69.7 Å². The first-order chi connectivity index (χ1) is 13.3. The molecule has 0 unspecified atom stereocenters. The summed E-state index contributed by atoms with van der Waals surface area (Å²) in [6.45, 7) is 4.92. The Morgan fingerprint density at radius 3 is 2.43 bits per heavy atom. The molecule has 1 saturated heterocycles. The van der Waals surface area contributed by atoms with Crippen molar-refractivity contribution in [3.05, 3.63) is 48.3 Å². The van der Waals surface area contributed by atoms with Gasteiger partial charge >= 0.3 is 0 Å². The van der Waals surface area contributed by atoms with Gasteiger partial charge in [0, 0.05) is 32.2 Å². The number of benzene rings is 2. The van der Waals surface area contributed by atoms with Crippen LogP contribution in [0.1, 0.15) is 13.3 Å². The SMILES string of the molecule is CC(=O)Nc1cc(N2CCCN(C)CC2)ccc1S(=O)(=O)c1ccc(F)cc1. The summed E-state index contributed by atoms with van der Waals surface area (Å²) in [5, 5.41) is 2.64. The van der Waals surface area contributed by atoms with Gasteiger partial charge in [-0.15, -0.1) is 0 Å². The molecule has 1 N–H and O–H groups in total. The number of halogens is 1. The van der Waals surface area contributed by atoms with Gasteiger partial charge in [0.1, 0.15) is 5.82 Å². The van der Waals surface area contributed by atoms with Gasteiger partial charge in [-0.1, -0.05) is 0 Å². The maximum atomic E-state index is 13.2. The maximum Gasteiger partial charge on any atom is 0.221 e. The molecular weight excluding hydrogens is 381 g/mol. The van der Waals surface area contributed by atoms with E-state index in [1.807, 2.05) is 0 Å². The number of nitrogens with zero attached hydrogens (tertiary/aromatic N) is 2. The lowest BCUT2D eigenvalue weighted by Gasteiger charge is -2.24. The quantitative estimate of drug-likeness (QED) is 0.792. The smallest absolute Gasteiger partial charge is 0.221 e. The molecule has 0 spiro atoms. The first-order valence-corrected chi connectivity index (χ1v) is 10.6. The third-order valence-corrected chi connectivity index (χ3v) is 6.60. The van der Waals surface area contributed by atoms with Gasteiger partial charge in [-0.2, -0.15) is 0 Å². The number of amides is 1. The predicted octanol–water partition coefficient (Wildman–Crippen LogP) is 2.76. The zero-order chi connectivity index (χ0) is 20.3. The van der Waals surface area contributed by atoms with Gasteiger partial charge in [0.2, 0.25) is 15.7 Å². The number of rotatable bonds is 4. The first kappa shape index (κ1) is 20.3. The fourth-order valence-corrected chi connectivity index (χ4v) is 4.68. The van der Waals surface area contributed by atoms with Crippen molar-refractivity contribution in [2.75, 3.05) is 43.4 Å². The standard InChI is InChI=1S/C20H24FN3O3S/c1-15(25)22-19-14-17(24-11-3-10-23(2)12-13-24)6-9-20(19)28(26,27)18-7-4-16(21)5-8-18/h4-9,14H,3,10-13H2,1-2H3,(H,22,25). The van der Waals surface area contributed by atoms with Crippen LogP contribution in [0.25, 0.3) is 0 Å². The highest BCUT2D eigenvalue weighted by molar-refractivity contribution is 7.91. The van der Waals surface area contributed by atoms with E-state index in [-0.39, 0.29) is 21.4 Å². The molecule has 0 saturated carbocycles. The Bertz CT molecular complexity index is 961. The highest BCUT2D eigenvalue weighted by Crippen LogP contribution is 2.32. The van der Waals surface area contributed by atoms with Crippen molar-refractivity contribution in [3.63, 3.8) is 0 Å². The Kier molecular flexibility index (Phi) is 6.00. The number of hydrogen-bond donors (Lipinski definition) is 1. The molecule has 0 bridgehead atoms. The van der Waals surface area contributed by atoms with Crippen molar-refractivity contribution in [1.29, 1.82) is 0 Å². The number of likely N-dealkylation sites (N-methyl/N-ethyl adjacent to an activating group) is 1. The summed E-state index contributed by atoms with van der Waals surface area (Å²) in [7, 11) is -1.83. The molecule has 8 heteroatoms. The molecule has 0 radical (unpaired) electrons. The van der Waals surface area contributed by atoms with E-state index in [1.165, 1.54) is 25.1 Å². The van der Waals surface area contributed by atoms with Gasteiger partial charge in [-0.25, -0.2) is 12.8 Å². The Morgan fingerprint density at radius 2 is 1.75 bits per heavy atom. The van der Waals surface area contributed by atoms with Gasteiger partial charge < -0.3 is 15.1 Å². The lowest BCUT2D eigenvalue weighted by Crippen LogP contribution is -2.28. The van der Waals surface area contributed by atoms with Crippen LogP contribution < -0.4 is 10.2 Å². The number of nitrogens with one attached hydrogen (secondary N) is 1. The Balaban J connectivity index is 2.01. The molecular formula is C20H24FN3O3S. The summed E-state index contributed by atoms with van der Waals surface area (Å²) in [5.41, 5.74) is 1.09. The van der Waals surface area contributed by atoms with Crippen LogP contribution in [-0.2, 0) is 14.6 Å². The average molecular weight is 405 g/mol. The highest BCUT2D eigenvalue weighted by atomic mass is 32.2. The van der Waals surface area contributed by atoms with E-state index in [2.05, 4.69) is 22.2 Å². The Labute approximate surface area is 164 Å². The molecule has 1 aliphatic heterocycles. The molecule has 6 nitrogen and oxygen atoms in total. The second kappa shape index (κ2) is 8.28. The summed E-state index contributed by atoms with van der Waals surface area (Å²) in [6.07, 6.45) is 1.00. The van der Waals surface area contributed by atoms with Crippen LogP contribution in [-0.4, -0.2) is 52.5 Å². The van der Waals surface area contributed by atoms with Crippen LogP contribution in [0.5, 0.6) is 0 Å². The summed E-state index contributed by atoms with van der Waals surface area (Å²) >= 11 is 0. The molecule has 150 valence electrons. The number of carbonyl (C=O) groups excluding carboxylic acids is 1. The molecule has 0 aliphatic carbocycles. The normalized spacial score (nSPS) is 15.9. The van der Waals surface area contributed by atoms with Crippen molar-refractivity contribution in [1.82, 2.24) is 4.90 Å².